The van der Waals surface area contributed by atoms with Gasteiger partial charge in [-0.25, -0.2) is 0 Å². The molecule has 1 unspecified atom stereocenters. The second-order valence-corrected chi connectivity index (χ2v) is 8.89. The van der Waals surface area contributed by atoms with Crippen LogP contribution < -0.4 is 25.1 Å². The molecule has 0 bridgehead atoms. The average Bonchev–Trinajstić information content (AvgIpc) is 3.34. The van der Waals surface area contributed by atoms with Gasteiger partial charge in [0, 0.05) is 31.5 Å². The minimum absolute atomic E-state index is 0.0185. The molecule has 3 aromatic rings. The highest BCUT2D eigenvalue weighted by Gasteiger charge is 2.22. The number of piperazine rings is 1. The standard InChI is InChI=1S/C26H28N4O5/c1-29-9-10-30(2)20(14-29)15-33-21-6-4-19(5-7-21)28-26(32)22-11-18(13-27-25(22)31)17-3-8-23-24(12-17)35-16-34-23/h3-8,11-13,20H,9-10,14-16H2,1-2H3,(H,27,31)(H,28,32). The normalized spacial score (nSPS) is 17.8. The maximum Gasteiger partial charge on any atom is 0.261 e. The molecular weight excluding hydrogens is 448 g/mol. The maximum absolute atomic E-state index is 12.9. The highest BCUT2D eigenvalue weighted by atomic mass is 16.7. The van der Waals surface area contributed by atoms with Gasteiger partial charge in [0.2, 0.25) is 6.79 Å². The number of carbonyl (C=O) groups excluding carboxylic acids is 1. The SMILES string of the molecule is CN1CCN(C)C(COc2ccc(NC(=O)c3cc(-c4ccc5c(c4)OCO5)c[nH]c3=O)cc2)C1. The Bertz CT molecular complexity index is 1270. The predicted octanol–water partition coefficient (Wildman–Crippen LogP) is 2.65. The fraction of sp³-hybridized carbons (Fsp3) is 0.308. The van der Waals surface area contributed by atoms with Crippen LogP contribution in [0.5, 0.6) is 17.2 Å². The van der Waals surface area contributed by atoms with Gasteiger partial charge in [-0.15, -0.1) is 0 Å². The summed E-state index contributed by atoms with van der Waals surface area (Å²) in [4.78, 5) is 32.5. The number of hydrogen-bond acceptors (Lipinski definition) is 7. The van der Waals surface area contributed by atoms with Gasteiger partial charge in [-0.3, -0.25) is 14.5 Å². The van der Waals surface area contributed by atoms with Crippen molar-refractivity contribution in [2.45, 2.75) is 6.04 Å². The molecule has 182 valence electrons. The van der Waals surface area contributed by atoms with Crippen molar-refractivity contribution >= 4 is 11.6 Å². The number of nitrogens with one attached hydrogen (secondary N) is 2. The summed E-state index contributed by atoms with van der Waals surface area (Å²) in [7, 11) is 4.23. The second kappa shape index (κ2) is 9.81. The van der Waals surface area contributed by atoms with Crippen molar-refractivity contribution < 1.29 is 19.0 Å². The molecule has 35 heavy (non-hydrogen) atoms. The molecule has 0 radical (unpaired) electrons. The number of ether oxygens (including phenoxy) is 3. The number of anilines is 1. The molecule has 9 nitrogen and oxygen atoms in total. The van der Waals surface area contributed by atoms with Crippen LogP contribution in [0.15, 0.2) is 59.5 Å². The number of carbonyl (C=O) groups is 1. The van der Waals surface area contributed by atoms with Crippen LogP contribution in [-0.2, 0) is 0 Å². The van der Waals surface area contributed by atoms with Crippen LogP contribution in [0.2, 0.25) is 0 Å². The summed E-state index contributed by atoms with van der Waals surface area (Å²) in [6, 6.07) is 14.5. The molecule has 3 heterocycles. The Hall–Kier alpha value is -3.82. The Morgan fingerprint density at radius 2 is 1.86 bits per heavy atom. The van der Waals surface area contributed by atoms with E-state index in [-0.39, 0.29) is 12.4 Å². The third-order valence-electron chi connectivity index (χ3n) is 6.39. The Morgan fingerprint density at radius 1 is 1.06 bits per heavy atom. The number of fused-ring (bicyclic) bond motifs is 1. The zero-order chi connectivity index (χ0) is 24.4. The van der Waals surface area contributed by atoms with Crippen molar-refractivity contribution in [3.8, 4) is 28.4 Å². The number of aromatic nitrogens is 1. The van der Waals surface area contributed by atoms with Gasteiger partial charge in [-0.05, 0) is 67.7 Å². The Labute approximate surface area is 203 Å². The third kappa shape index (κ3) is 5.16. The lowest BCUT2D eigenvalue weighted by Crippen LogP contribution is -2.52. The van der Waals surface area contributed by atoms with Gasteiger partial charge in [-0.2, -0.15) is 0 Å². The van der Waals surface area contributed by atoms with Crippen molar-refractivity contribution in [1.82, 2.24) is 14.8 Å². The van der Waals surface area contributed by atoms with Crippen LogP contribution in [0.3, 0.4) is 0 Å². The molecule has 1 aromatic heterocycles. The number of rotatable bonds is 6. The van der Waals surface area contributed by atoms with E-state index < -0.39 is 11.5 Å². The predicted molar refractivity (Wildman–Crippen MR) is 132 cm³/mol. The summed E-state index contributed by atoms with van der Waals surface area (Å²) in [5.74, 6) is 1.53. The van der Waals surface area contributed by atoms with Crippen LogP contribution in [0.25, 0.3) is 11.1 Å². The number of nitrogens with zero attached hydrogens (tertiary/aromatic N) is 2. The quantitative estimate of drug-likeness (QED) is 0.565. The summed E-state index contributed by atoms with van der Waals surface area (Å²) >= 11 is 0. The number of pyridine rings is 1. The van der Waals surface area contributed by atoms with E-state index in [4.69, 9.17) is 14.2 Å². The van der Waals surface area contributed by atoms with Crippen molar-refractivity contribution in [3.63, 3.8) is 0 Å². The van der Waals surface area contributed by atoms with E-state index in [9.17, 15) is 9.59 Å². The lowest BCUT2D eigenvalue weighted by Gasteiger charge is -2.37. The maximum atomic E-state index is 12.9. The second-order valence-electron chi connectivity index (χ2n) is 8.89. The number of aromatic amines is 1. The van der Waals surface area contributed by atoms with E-state index in [0.717, 1.165) is 30.9 Å². The monoisotopic (exact) mass is 476 g/mol. The van der Waals surface area contributed by atoms with Crippen LogP contribution in [-0.4, -0.2) is 73.9 Å². The third-order valence-corrected chi connectivity index (χ3v) is 6.39. The van der Waals surface area contributed by atoms with Crippen LogP contribution in [0.1, 0.15) is 10.4 Å². The highest BCUT2D eigenvalue weighted by molar-refractivity contribution is 6.04. The Balaban J connectivity index is 1.24. The van der Waals surface area contributed by atoms with Gasteiger partial charge in [0.1, 0.15) is 17.9 Å². The number of amides is 1. The summed E-state index contributed by atoms with van der Waals surface area (Å²) in [5.41, 5.74) is 1.62. The average molecular weight is 477 g/mol. The molecule has 0 saturated carbocycles. The molecule has 0 aliphatic carbocycles. The first-order chi connectivity index (χ1) is 17.0. The minimum Gasteiger partial charge on any atom is -0.492 e. The van der Waals surface area contributed by atoms with Crippen molar-refractivity contribution in [1.29, 1.82) is 0 Å². The zero-order valence-electron chi connectivity index (χ0n) is 19.7. The van der Waals surface area contributed by atoms with E-state index in [0.29, 0.717) is 35.4 Å². The fourth-order valence-corrected chi connectivity index (χ4v) is 4.20. The van der Waals surface area contributed by atoms with E-state index >= 15 is 0 Å². The molecule has 1 fully saturated rings. The lowest BCUT2D eigenvalue weighted by atomic mass is 10.0. The van der Waals surface area contributed by atoms with Gasteiger partial charge in [-0.1, -0.05) is 6.07 Å². The highest BCUT2D eigenvalue weighted by Crippen LogP contribution is 2.35. The molecule has 9 heteroatoms. The van der Waals surface area contributed by atoms with E-state index in [1.54, 1.807) is 30.5 Å². The minimum atomic E-state index is -0.491. The van der Waals surface area contributed by atoms with E-state index in [2.05, 4.69) is 34.2 Å². The van der Waals surface area contributed by atoms with Gasteiger partial charge in [0.05, 0.1) is 6.04 Å². The summed E-state index contributed by atoms with van der Waals surface area (Å²) in [5, 5.41) is 2.79. The van der Waals surface area contributed by atoms with Crippen LogP contribution in [0.4, 0.5) is 5.69 Å². The molecule has 1 amide bonds. The summed E-state index contributed by atoms with van der Waals surface area (Å²) in [6.07, 6.45) is 1.57. The number of hydrogen-bond donors (Lipinski definition) is 2. The first kappa shape index (κ1) is 22.9. The zero-order valence-corrected chi connectivity index (χ0v) is 19.7. The summed E-state index contributed by atoms with van der Waals surface area (Å²) in [6.45, 7) is 3.81. The molecular formula is C26H28N4O5. The molecule has 2 N–H and O–H groups in total. The number of H-pyrrole nitrogens is 1. The van der Waals surface area contributed by atoms with Crippen molar-refractivity contribution in [3.05, 3.63) is 70.6 Å². The van der Waals surface area contributed by atoms with Crippen molar-refractivity contribution in [2.24, 2.45) is 0 Å². The van der Waals surface area contributed by atoms with Gasteiger partial charge in [0.15, 0.2) is 11.5 Å². The Kier molecular flexibility index (Phi) is 6.43. The number of likely N-dealkylation sites (N-methyl/N-ethyl adjacent to an activating group) is 2. The molecule has 1 atom stereocenters. The number of benzene rings is 2. The fourth-order valence-electron chi connectivity index (χ4n) is 4.20. The lowest BCUT2D eigenvalue weighted by molar-refractivity contribution is 0.0781. The largest absolute Gasteiger partial charge is 0.492 e. The molecule has 1 saturated heterocycles. The molecule has 2 aromatic carbocycles. The molecule has 0 spiro atoms. The van der Waals surface area contributed by atoms with Gasteiger partial charge < -0.3 is 29.4 Å². The topological polar surface area (TPSA) is 96.1 Å². The van der Waals surface area contributed by atoms with E-state index in [1.807, 2.05) is 24.3 Å². The van der Waals surface area contributed by atoms with Crippen LogP contribution >= 0.6 is 0 Å². The molecule has 2 aliphatic rings. The Morgan fingerprint density at radius 3 is 2.69 bits per heavy atom. The van der Waals surface area contributed by atoms with Crippen molar-refractivity contribution in [2.75, 3.05) is 52.4 Å². The smallest absolute Gasteiger partial charge is 0.261 e. The molecule has 5 rings (SSSR count). The molecule has 2 aliphatic heterocycles. The van der Waals surface area contributed by atoms with Gasteiger partial charge >= 0.3 is 0 Å². The summed E-state index contributed by atoms with van der Waals surface area (Å²) < 4.78 is 16.7. The van der Waals surface area contributed by atoms with Crippen LogP contribution in [0, 0.1) is 0 Å². The first-order valence-corrected chi connectivity index (χ1v) is 11.5. The van der Waals surface area contributed by atoms with E-state index in [1.165, 1.54) is 0 Å². The first-order valence-electron chi connectivity index (χ1n) is 11.5. The van der Waals surface area contributed by atoms with Gasteiger partial charge in [0.25, 0.3) is 11.5 Å².